The van der Waals surface area contributed by atoms with E-state index in [1.807, 2.05) is 0 Å². The monoisotopic (exact) mass is 403 g/mol. The van der Waals surface area contributed by atoms with Crippen molar-refractivity contribution in [1.82, 2.24) is 9.97 Å². The van der Waals surface area contributed by atoms with E-state index >= 15 is 0 Å². The maximum Gasteiger partial charge on any atom is 0.362 e. The van der Waals surface area contributed by atoms with Crippen LogP contribution in [0.1, 0.15) is 20.8 Å². The number of para-hydroxylation sites is 1. The lowest BCUT2D eigenvalue weighted by atomic mass is 10.2. The Bertz CT molecular complexity index is 1090. The van der Waals surface area contributed by atoms with Crippen molar-refractivity contribution in [1.29, 1.82) is 0 Å². The van der Waals surface area contributed by atoms with Gasteiger partial charge in [0.1, 0.15) is 11.4 Å². The van der Waals surface area contributed by atoms with E-state index in [0.717, 1.165) is 17.6 Å². The standard InChI is InChI=1S/C17H13N3O5S2/c1-27(23,24)14-10-26-17(19-14)20-15(21)11-6-2-3-8-13(11)25-16(22)12-7-4-5-9-18-12/h2-10H,1H3,(H,19,20,21). The zero-order chi connectivity index (χ0) is 19.4. The van der Waals surface area contributed by atoms with E-state index in [2.05, 4.69) is 15.3 Å². The molecular formula is C17H13N3O5S2. The van der Waals surface area contributed by atoms with Crippen LogP contribution in [0.15, 0.2) is 59.1 Å². The molecule has 10 heteroatoms. The molecule has 27 heavy (non-hydrogen) atoms. The molecule has 0 fully saturated rings. The third-order valence-electron chi connectivity index (χ3n) is 3.29. The maximum absolute atomic E-state index is 12.5. The molecule has 0 aliphatic carbocycles. The van der Waals surface area contributed by atoms with E-state index in [9.17, 15) is 18.0 Å². The van der Waals surface area contributed by atoms with E-state index < -0.39 is 21.7 Å². The van der Waals surface area contributed by atoms with Crippen LogP contribution in [0.5, 0.6) is 5.75 Å². The summed E-state index contributed by atoms with van der Waals surface area (Å²) in [6, 6.07) is 11.0. The van der Waals surface area contributed by atoms with Crippen molar-refractivity contribution >= 4 is 38.2 Å². The average molecular weight is 403 g/mol. The normalized spacial score (nSPS) is 11.0. The zero-order valence-corrected chi connectivity index (χ0v) is 15.6. The first-order valence-electron chi connectivity index (χ1n) is 7.54. The highest BCUT2D eigenvalue weighted by Crippen LogP contribution is 2.23. The predicted molar refractivity (Wildman–Crippen MR) is 98.8 cm³/mol. The minimum Gasteiger partial charge on any atom is -0.421 e. The highest BCUT2D eigenvalue weighted by Gasteiger charge is 2.19. The Morgan fingerprint density at radius 2 is 1.85 bits per heavy atom. The van der Waals surface area contributed by atoms with Gasteiger partial charge in [-0.1, -0.05) is 18.2 Å². The molecule has 0 radical (unpaired) electrons. The van der Waals surface area contributed by atoms with E-state index in [-0.39, 0.29) is 27.2 Å². The molecule has 2 heterocycles. The Morgan fingerprint density at radius 1 is 1.11 bits per heavy atom. The number of aromatic nitrogens is 2. The summed E-state index contributed by atoms with van der Waals surface area (Å²) >= 11 is 0.976. The largest absolute Gasteiger partial charge is 0.421 e. The summed E-state index contributed by atoms with van der Waals surface area (Å²) < 4.78 is 28.2. The quantitative estimate of drug-likeness (QED) is 0.514. The molecule has 0 unspecified atom stereocenters. The molecule has 0 aliphatic rings. The number of benzene rings is 1. The van der Waals surface area contributed by atoms with Crippen LogP contribution in [0.2, 0.25) is 0 Å². The van der Waals surface area contributed by atoms with Crippen molar-refractivity contribution in [2.45, 2.75) is 5.03 Å². The summed E-state index contributed by atoms with van der Waals surface area (Å²) in [5.41, 5.74) is 0.198. The van der Waals surface area contributed by atoms with Gasteiger partial charge in [0.05, 0.1) is 5.56 Å². The smallest absolute Gasteiger partial charge is 0.362 e. The lowest BCUT2D eigenvalue weighted by Crippen LogP contribution is -2.16. The van der Waals surface area contributed by atoms with Crippen molar-refractivity contribution in [3.05, 3.63) is 65.3 Å². The molecule has 0 bridgehead atoms. The van der Waals surface area contributed by atoms with Gasteiger partial charge < -0.3 is 4.74 Å². The molecule has 0 atom stereocenters. The second-order valence-corrected chi connectivity index (χ2v) is 8.14. The second-order valence-electron chi connectivity index (χ2n) is 5.32. The molecule has 2 aromatic heterocycles. The first-order chi connectivity index (χ1) is 12.8. The third-order valence-corrected chi connectivity index (χ3v) is 5.17. The van der Waals surface area contributed by atoms with Crippen molar-refractivity contribution in [2.75, 3.05) is 11.6 Å². The molecule has 8 nitrogen and oxygen atoms in total. The van der Waals surface area contributed by atoms with Crippen LogP contribution < -0.4 is 10.1 Å². The van der Waals surface area contributed by atoms with Crippen molar-refractivity contribution in [2.24, 2.45) is 0 Å². The summed E-state index contributed by atoms with van der Waals surface area (Å²) in [4.78, 5) is 32.4. The van der Waals surface area contributed by atoms with Gasteiger partial charge in [0.2, 0.25) is 0 Å². The molecular weight excluding hydrogens is 390 g/mol. The van der Waals surface area contributed by atoms with Crippen molar-refractivity contribution in [3.63, 3.8) is 0 Å². The Morgan fingerprint density at radius 3 is 2.52 bits per heavy atom. The summed E-state index contributed by atoms with van der Waals surface area (Å²) in [5, 5.41) is 3.82. The summed E-state index contributed by atoms with van der Waals surface area (Å²) in [7, 11) is -3.47. The summed E-state index contributed by atoms with van der Waals surface area (Å²) in [6.07, 6.45) is 2.48. The van der Waals surface area contributed by atoms with E-state index in [1.54, 1.807) is 24.3 Å². The number of hydrogen-bond acceptors (Lipinski definition) is 8. The van der Waals surface area contributed by atoms with Gasteiger partial charge >= 0.3 is 5.97 Å². The number of thiazole rings is 1. The van der Waals surface area contributed by atoms with Crippen molar-refractivity contribution < 1.29 is 22.7 Å². The van der Waals surface area contributed by atoms with Gasteiger partial charge in [-0.2, -0.15) is 0 Å². The van der Waals surface area contributed by atoms with Gasteiger partial charge in [-0.05, 0) is 24.3 Å². The van der Waals surface area contributed by atoms with Crippen LogP contribution in [0.25, 0.3) is 0 Å². The van der Waals surface area contributed by atoms with Gasteiger partial charge in [0.15, 0.2) is 20.0 Å². The van der Waals surface area contributed by atoms with Gasteiger partial charge in [-0.25, -0.2) is 23.2 Å². The van der Waals surface area contributed by atoms with Gasteiger partial charge in [0, 0.05) is 17.8 Å². The first-order valence-corrected chi connectivity index (χ1v) is 10.3. The number of amides is 1. The van der Waals surface area contributed by atoms with Crippen LogP contribution in [0.4, 0.5) is 5.13 Å². The second kappa shape index (κ2) is 7.64. The van der Waals surface area contributed by atoms with Crippen LogP contribution in [0, 0.1) is 0 Å². The van der Waals surface area contributed by atoms with Crippen LogP contribution >= 0.6 is 11.3 Å². The predicted octanol–water partition coefficient (Wildman–Crippen LogP) is 2.41. The Kier molecular flexibility index (Phi) is 5.28. The van der Waals surface area contributed by atoms with Crippen LogP contribution in [-0.2, 0) is 9.84 Å². The minimum absolute atomic E-state index is 0.0468. The molecule has 1 N–H and O–H groups in total. The third kappa shape index (κ3) is 4.54. The Hall–Kier alpha value is -3.11. The number of pyridine rings is 1. The molecule has 0 spiro atoms. The average Bonchev–Trinajstić information content (AvgIpc) is 3.12. The lowest BCUT2D eigenvalue weighted by Gasteiger charge is -2.09. The minimum atomic E-state index is -3.47. The maximum atomic E-state index is 12.5. The fraction of sp³-hybridized carbons (Fsp3) is 0.0588. The van der Waals surface area contributed by atoms with Crippen LogP contribution in [0.3, 0.4) is 0 Å². The van der Waals surface area contributed by atoms with E-state index in [1.165, 1.54) is 29.8 Å². The number of nitrogens with one attached hydrogen (secondary N) is 1. The Balaban J connectivity index is 1.80. The van der Waals surface area contributed by atoms with Gasteiger partial charge in [-0.15, -0.1) is 11.3 Å². The molecule has 0 saturated heterocycles. The van der Waals surface area contributed by atoms with Gasteiger partial charge in [-0.3, -0.25) is 10.1 Å². The number of sulfone groups is 1. The number of hydrogen-bond donors (Lipinski definition) is 1. The molecule has 1 amide bonds. The highest BCUT2D eigenvalue weighted by atomic mass is 32.2. The van der Waals surface area contributed by atoms with E-state index in [0.29, 0.717) is 0 Å². The van der Waals surface area contributed by atoms with E-state index in [4.69, 9.17) is 4.74 Å². The number of rotatable bonds is 5. The fourth-order valence-corrected chi connectivity index (χ4v) is 3.76. The summed E-state index contributed by atoms with van der Waals surface area (Å²) in [6.45, 7) is 0. The van der Waals surface area contributed by atoms with Crippen LogP contribution in [-0.4, -0.2) is 36.5 Å². The number of carbonyl (C=O) groups excluding carboxylic acids is 2. The number of esters is 1. The molecule has 0 saturated carbocycles. The zero-order valence-electron chi connectivity index (χ0n) is 13.9. The molecule has 1 aromatic carbocycles. The number of nitrogens with zero attached hydrogens (tertiary/aromatic N) is 2. The molecule has 138 valence electrons. The van der Waals surface area contributed by atoms with Gasteiger partial charge in [0.25, 0.3) is 5.91 Å². The number of anilines is 1. The SMILES string of the molecule is CS(=O)(=O)c1csc(NC(=O)c2ccccc2OC(=O)c2ccccn2)n1. The molecule has 3 aromatic rings. The topological polar surface area (TPSA) is 115 Å². The van der Waals surface area contributed by atoms with Crippen molar-refractivity contribution in [3.8, 4) is 5.75 Å². The highest BCUT2D eigenvalue weighted by molar-refractivity contribution is 7.90. The molecule has 0 aliphatic heterocycles. The fourth-order valence-electron chi connectivity index (χ4n) is 2.03. The number of carbonyl (C=O) groups is 2. The summed E-state index contributed by atoms with van der Waals surface area (Å²) in [5.74, 6) is -1.25. The lowest BCUT2D eigenvalue weighted by molar-refractivity contribution is 0.0726. The molecule has 3 rings (SSSR count). The Labute approximate surface area is 158 Å². The first kappa shape index (κ1) is 18.7. The number of ether oxygens (including phenoxy) is 1.